The van der Waals surface area contributed by atoms with Crippen LogP contribution in [-0.4, -0.2) is 29.8 Å². The van der Waals surface area contributed by atoms with Gasteiger partial charge in [-0.15, -0.1) is 0 Å². The topological polar surface area (TPSA) is 67.0 Å². The van der Waals surface area contributed by atoms with Crippen LogP contribution in [-0.2, 0) is 6.42 Å². The molecule has 5 nitrogen and oxygen atoms in total. The van der Waals surface area contributed by atoms with E-state index in [0.717, 1.165) is 34.7 Å². The first-order valence-corrected chi connectivity index (χ1v) is 6.96. The van der Waals surface area contributed by atoms with Crippen molar-refractivity contribution in [2.24, 2.45) is 0 Å². The van der Waals surface area contributed by atoms with Crippen LogP contribution >= 0.6 is 0 Å². The lowest BCUT2D eigenvalue weighted by Gasteiger charge is -2.09. The number of ether oxygens (including phenoxy) is 1. The summed E-state index contributed by atoms with van der Waals surface area (Å²) in [6.07, 6.45) is 0.767. The van der Waals surface area contributed by atoms with Crippen molar-refractivity contribution in [2.75, 3.05) is 13.7 Å². The van der Waals surface area contributed by atoms with E-state index in [1.165, 1.54) is 0 Å². The van der Waals surface area contributed by atoms with Gasteiger partial charge in [-0.05, 0) is 50.5 Å². The Bertz CT molecular complexity index is 627. The van der Waals surface area contributed by atoms with Crippen molar-refractivity contribution >= 4 is 5.91 Å². The molecule has 1 aromatic carbocycles. The molecule has 0 saturated heterocycles. The lowest BCUT2D eigenvalue weighted by atomic mass is 10.1. The van der Waals surface area contributed by atoms with Crippen LogP contribution in [0.15, 0.2) is 18.2 Å². The van der Waals surface area contributed by atoms with Gasteiger partial charge in [0.2, 0.25) is 0 Å². The normalized spacial score (nSPS) is 10.5. The Labute approximate surface area is 124 Å². The number of nitrogens with zero attached hydrogens (tertiary/aromatic N) is 1. The standard InChI is InChI=1S/C16H21N3O2/c1-10-5-6-13(9-15(10)21-4)16(20)17-8-7-14-11(2)18-19-12(14)3/h5-6,9H,7-8H2,1-4H3,(H,17,20)(H,18,19). The molecule has 1 aromatic heterocycles. The van der Waals surface area contributed by atoms with Crippen molar-refractivity contribution in [1.29, 1.82) is 0 Å². The van der Waals surface area contributed by atoms with Gasteiger partial charge in [0.15, 0.2) is 0 Å². The highest BCUT2D eigenvalue weighted by Gasteiger charge is 2.10. The van der Waals surface area contributed by atoms with Gasteiger partial charge >= 0.3 is 0 Å². The second-order valence-corrected chi connectivity index (χ2v) is 5.10. The van der Waals surface area contributed by atoms with Crippen molar-refractivity contribution in [1.82, 2.24) is 15.5 Å². The van der Waals surface area contributed by atoms with Gasteiger partial charge in [-0.3, -0.25) is 9.89 Å². The summed E-state index contributed by atoms with van der Waals surface area (Å²) in [5, 5.41) is 10.0. The molecule has 0 aliphatic rings. The Morgan fingerprint density at radius 2 is 2.10 bits per heavy atom. The molecule has 0 spiro atoms. The number of hydrogen-bond donors (Lipinski definition) is 2. The summed E-state index contributed by atoms with van der Waals surface area (Å²) >= 11 is 0. The highest BCUT2D eigenvalue weighted by Crippen LogP contribution is 2.18. The van der Waals surface area contributed by atoms with Gasteiger partial charge in [0.25, 0.3) is 5.91 Å². The number of aromatic nitrogens is 2. The summed E-state index contributed by atoms with van der Waals surface area (Å²) in [7, 11) is 1.61. The van der Waals surface area contributed by atoms with Gasteiger partial charge in [0.1, 0.15) is 5.75 Å². The Balaban J connectivity index is 1.96. The quantitative estimate of drug-likeness (QED) is 0.887. The Morgan fingerprint density at radius 1 is 1.33 bits per heavy atom. The molecule has 0 unspecified atom stereocenters. The number of methoxy groups -OCH3 is 1. The van der Waals surface area contributed by atoms with E-state index < -0.39 is 0 Å². The van der Waals surface area contributed by atoms with Gasteiger partial charge in [-0.2, -0.15) is 5.10 Å². The van der Waals surface area contributed by atoms with E-state index in [9.17, 15) is 4.79 Å². The lowest BCUT2D eigenvalue weighted by molar-refractivity contribution is 0.0953. The molecule has 0 atom stereocenters. The third-order valence-electron chi connectivity index (χ3n) is 3.61. The largest absolute Gasteiger partial charge is 0.496 e. The summed E-state index contributed by atoms with van der Waals surface area (Å²) in [5.74, 6) is 0.635. The van der Waals surface area contributed by atoms with Crippen molar-refractivity contribution < 1.29 is 9.53 Å². The lowest BCUT2D eigenvalue weighted by Crippen LogP contribution is -2.26. The third kappa shape index (κ3) is 3.42. The molecule has 0 bridgehead atoms. The van der Waals surface area contributed by atoms with E-state index in [0.29, 0.717) is 12.1 Å². The average molecular weight is 287 g/mol. The predicted molar refractivity (Wildman–Crippen MR) is 81.8 cm³/mol. The van der Waals surface area contributed by atoms with Crippen LogP contribution in [0.5, 0.6) is 5.75 Å². The SMILES string of the molecule is COc1cc(C(=O)NCCc2c(C)n[nH]c2C)ccc1C. The summed E-state index contributed by atoms with van der Waals surface area (Å²) in [6.45, 7) is 6.48. The van der Waals surface area contributed by atoms with Gasteiger partial charge in [0, 0.05) is 17.8 Å². The zero-order chi connectivity index (χ0) is 15.4. The Morgan fingerprint density at radius 3 is 2.71 bits per heavy atom. The van der Waals surface area contributed by atoms with Crippen LogP contribution < -0.4 is 10.1 Å². The first-order valence-electron chi connectivity index (χ1n) is 6.96. The van der Waals surface area contributed by atoms with Gasteiger partial charge in [0.05, 0.1) is 12.8 Å². The van der Waals surface area contributed by atoms with Gasteiger partial charge in [-0.1, -0.05) is 6.07 Å². The molecule has 112 valence electrons. The number of aryl methyl sites for hydroxylation is 3. The van der Waals surface area contributed by atoms with Crippen LogP contribution in [0.25, 0.3) is 0 Å². The van der Waals surface area contributed by atoms with Crippen LogP contribution in [0.2, 0.25) is 0 Å². The molecular weight excluding hydrogens is 266 g/mol. The number of hydrogen-bond acceptors (Lipinski definition) is 3. The molecule has 2 N–H and O–H groups in total. The van der Waals surface area contributed by atoms with Crippen molar-refractivity contribution in [3.63, 3.8) is 0 Å². The molecule has 2 rings (SSSR count). The monoisotopic (exact) mass is 287 g/mol. The second kappa shape index (κ2) is 6.43. The Hall–Kier alpha value is -2.30. The van der Waals surface area contributed by atoms with Crippen molar-refractivity contribution in [3.05, 3.63) is 46.3 Å². The zero-order valence-corrected chi connectivity index (χ0v) is 12.9. The fourth-order valence-electron chi connectivity index (χ4n) is 2.31. The summed E-state index contributed by atoms with van der Waals surface area (Å²) in [4.78, 5) is 12.1. The van der Waals surface area contributed by atoms with Gasteiger partial charge < -0.3 is 10.1 Å². The minimum absolute atomic E-state index is 0.0906. The second-order valence-electron chi connectivity index (χ2n) is 5.10. The number of carbonyl (C=O) groups is 1. The molecule has 0 radical (unpaired) electrons. The number of H-pyrrole nitrogens is 1. The number of nitrogens with one attached hydrogen (secondary N) is 2. The summed E-state index contributed by atoms with van der Waals surface area (Å²) < 4.78 is 5.24. The van der Waals surface area contributed by atoms with Crippen LogP contribution in [0, 0.1) is 20.8 Å². The number of carbonyl (C=O) groups excluding carboxylic acids is 1. The highest BCUT2D eigenvalue weighted by atomic mass is 16.5. The minimum Gasteiger partial charge on any atom is -0.496 e. The molecule has 1 heterocycles. The first kappa shape index (κ1) is 15.1. The van der Waals surface area contributed by atoms with Crippen LogP contribution in [0.3, 0.4) is 0 Å². The average Bonchev–Trinajstić information content (AvgIpc) is 2.79. The third-order valence-corrected chi connectivity index (χ3v) is 3.61. The van der Waals surface area contributed by atoms with E-state index in [-0.39, 0.29) is 5.91 Å². The number of amides is 1. The van der Waals surface area contributed by atoms with Crippen molar-refractivity contribution in [3.8, 4) is 5.75 Å². The predicted octanol–water partition coefficient (Wildman–Crippen LogP) is 2.32. The van der Waals surface area contributed by atoms with Gasteiger partial charge in [-0.25, -0.2) is 0 Å². The van der Waals surface area contributed by atoms with E-state index in [2.05, 4.69) is 15.5 Å². The maximum atomic E-state index is 12.1. The fourth-order valence-corrected chi connectivity index (χ4v) is 2.31. The number of aromatic amines is 1. The van der Waals surface area contributed by atoms with E-state index >= 15 is 0 Å². The molecule has 0 fully saturated rings. The molecule has 5 heteroatoms. The van der Waals surface area contributed by atoms with Crippen LogP contribution in [0.1, 0.15) is 32.9 Å². The zero-order valence-electron chi connectivity index (χ0n) is 12.9. The number of benzene rings is 1. The smallest absolute Gasteiger partial charge is 0.251 e. The van der Waals surface area contributed by atoms with E-state index in [1.54, 1.807) is 13.2 Å². The van der Waals surface area contributed by atoms with Crippen LogP contribution in [0.4, 0.5) is 0 Å². The highest BCUT2D eigenvalue weighted by molar-refractivity contribution is 5.94. The fraction of sp³-hybridized carbons (Fsp3) is 0.375. The maximum Gasteiger partial charge on any atom is 0.251 e. The Kier molecular flexibility index (Phi) is 4.62. The maximum absolute atomic E-state index is 12.1. The molecule has 2 aromatic rings. The molecular formula is C16H21N3O2. The molecule has 21 heavy (non-hydrogen) atoms. The van der Waals surface area contributed by atoms with E-state index in [4.69, 9.17) is 4.74 Å². The first-order chi connectivity index (χ1) is 10.0. The minimum atomic E-state index is -0.0906. The van der Waals surface area contributed by atoms with Crippen molar-refractivity contribution in [2.45, 2.75) is 27.2 Å². The summed E-state index contributed by atoms with van der Waals surface area (Å²) in [5.41, 5.74) is 4.83. The van der Waals surface area contributed by atoms with E-state index in [1.807, 2.05) is 32.9 Å². The molecule has 0 aliphatic heterocycles. The molecule has 0 aliphatic carbocycles. The summed E-state index contributed by atoms with van der Waals surface area (Å²) in [6, 6.07) is 5.46. The molecule has 0 saturated carbocycles. The molecule has 1 amide bonds. The number of rotatable bonds is 5.